The van der Waals surface area contributed by atoms with E-state index in [4.69, 9.17) is 0 Å². The first-order chi connectivity index (χ1) is 8.36. The van der Waals surface area contributed by atoms with E-state index in [-0.39, 0.29) is 17.8 Å². The van der Waals surface area contributed by atoms with E-state index in [2.05, 4.69) is 4.99 Å². The number of sulfonamides is 1. The average molecular weight is 274 g/mol. The molecule has 0 bridgehead atoms. The van der Waals surface area contributed by atoms with Crippen LogP contribution in [0.3, 0.4) is 0 Å². The van der Waals surface area contributed by atoms with Crippen molar-refractivity contribution >= 4 is 16.1 Å². The molecule has 6 heteroatoms. The van der Waals surface area contributed by atoms with Crippen LogP contribution >= 0.6 is 0 Å². The second-order valence-electron chi connectivity index (χ2n) is 5.36. The van der Waals surface area contributed by atoms with E-state index in [0.717, 1.165) is 0 Å². The molecule has 0 aromatic rings. The number of aliphatic imine (C=N–C) groups is 1. The molecule has 0 radical (unpaired) electrons. The molecule has 1 rings (SSSR count). The Kier molecular flexibility index (Phi) is 5.50. The van der Waals surface area contributed by atoms with Crippen molar-refractivity contribution < 1.29 is 13.2 Å². The van der Waals surface area contributed by atoms with Gasteiger partial charge in [0, 0.05) is 12.6 Å². The van der Waals surface area contributed by atoms with Crippen LogP contribution in [0.1, 0.15) is 40.0 Å². The van der Waals surface area contributed by atoms with Gasteiger partial charge in [-0.05, 0) is 32.1 Å². The van der Waals surface area contributed by atoms with Gasteiger partial charge in [-0.15, -0.1) is 0 Å². The fourth-order valence-electron chi connectivity index (χ4n) is 2.23. The maximum absolute atomic E-state index is 12.2. The Morgan fingerprint density at radius 1 is 1.44 bits per heavy atom. The van der Waals surface area contributed by atoms with Crippen LogP contribution in [-0.2, 0) is 14.8 Å². The summed E-state index contributed by atoms with van der Waals surface area (Å²) in [5.41, 5.74) is 0. The smallest absolute Gasteiger partial charge is 0.212 e. The van der Waals surface area contributed by atoms with E-state index in [1.165, 1.54) is 0 Å². The summed E-state index contributed by atoms with van der Waals surface area (Å²) in [6, 6.07) is -0.160. The van der Waals surface area contributed by atoms with Gasteiger partial charge in [-0.1, -0.05) is 13.8 Å². The van der Waals surface area contributed by atoms with Crippen molar-refractivity contribution in [1.82, 2.24) is 4.31 Å². The molecule has 0 aromatic carbocycles. The first-order valence-corrected chi connectivity index (χ1v) is 8.04. The number of hydrogen-bond donors (Lipinski definition) is 0. The molecule has 1 aliphatic heterocycles. The Bertz CT molecular complexity index is 413. The van der Waals surface area contributed by atoms with Gasteiger partial charge in [-0.25, -0.2) is 18.2 Å². The fraction of sp³-hybridized carbons (Fsp3) is 0.917. The first kappa shape index (κ1) is 15.3. The zero-order chi connectivity index (χ0) is 13.8. The number of nitrogens with zero attached hydrogens (tertiary/aromatic N) is 2. The maximum atomic E-state index is 12.2. The van der Waals surface area contributed by atoms with E-state index in [1.807, 2.05) is 20.8 Å². The summed E-state index contributed by atoms with van der Waals surface area (Å²) in [5, 5.41) is 0. The molecular formula is C12H22N2O3S. The van der Waals surface area contributed by atoms with Crippen molar-refractivity contribution in [3.63, 3.8) is 0 Å². The first-order valence-electron chi connectivity index (χ1n) is 6.43. The number of rotatable bonds is 5. The van der Waals surface area contributed by atoms with Crippen molar-refractivity contribution in [1.29, 1.82) is 0 Å². The molecule has 104 valence electrons. The Labute approximate surface area is 109 Å². The van der Waals surface area contributed by atoms with Gasteiger partial charge in [-0.3, -0.25) is 0 Å². The lowest BCUT2D eigenvalue weighted by atomic mass is 10.0. The highest BCUT2D eigenvalue weighted by Crippen LogP contribution is 2.23. The highest BCUT2D eigenvalue weighted by molar-refractivity contribution is 7.89. The third-order valence-electron chi connectivity index (χ3n) is 3.33. The maximum Gasteiger partial charge on any atom is 0.235 e. The minimum absolute atomic E-state index is 0.0750. The van der Waals surface area contributed by atoms with Crippen LogP contribution in [0.2, 0.25) is 0 Å². The van der Waals surface area contributed by atoms with Crippen molar-refractivity contribution in [2.75, 3.05) is 12.3 Å². The van der Waals surface area contributed by atoms with Crippen LogP contribution in [0.25, 0.3) is 0 Å². The predicted molar refractivity (Wildman–Crippen MR) is 70.6 cm³/mol. The van der Waals surface area contributed by atoms with Gasteiger partial charge in [-0.2, -0.15) is 4.31 Å². The van der Waals surface area contributed by atoms with E-state index in [1.54, 1.807) is 10.4 Å². The summed E-state index contributed by atoms with van der Waals surface area (Å²) < 4.78 is 25.9. The standard InChI is InChI=1S/C12H22N2O3S/c1-10(2)5-7-18(16,17)14-6-4-12(13-9-15)8-11(14)3/h10-12H,4-8H2,1-3H3. The van der Waals surface area contributed by atoms with Crippen LogP contribution < -0.4 is 0 Å². The second-order valence-corrected chi connectivity index (χ2v) is 7.40. The summed E-state index contributed by atoms with van der Waals surface area (Å²) in [4.78, 5) is 13.9. The molecule has 2 atom stereocenters. The Balaban J connectivity index is 2.65. The number of hydrogen-bond acceptors (Lipinski definition) is 4. The molecule has 1 saturated heterocycles. The van der Waals surface area contributed by atoms with Crippen molar-refractivity contribution in [2.24, 2.45) is 10.9 Å². The van der Waals surface area contributed by atoms with E-state index in [0.29, 0.717) is 31.7 Å². The van der Waals surface area contributed by atoms with Gasteiger partial charge in [0.05, 0.1) is 11.8 Å². The van der Waals surface area contributed by atoms with E-state index < -0.39 is 10.0 Å². The molecule has 1 fully saturated rings. The summed E-state index contributed by atoms with van der Waals surface area (Å²) >= 11 is 0. The van der Waals surface area contributed by atoms with Gasteiger partial charge in [0.2, 0.25) is 16.1 Å². The molecule has 0 saturated carbocycles. The van der Waals surface area contributed by atoms with Gasteiger partial charge in [0.15, 0.2) is 0 Å². The highest BCUT2D eigenvalue weighted by Gasteiger charge is 2.33. The van der Waals surface area contributed by atoms with Crippen LogP contribution in [0.5, 0.6) is 0 Å². The number of carbonyl (C=O) groups excluding carboxylic acids is 1. The Morgan fingerprint density at radius 3 is 2.61 bits per heavy atom. The Morgan fingerprint density at radius 2 is 2.11 bits per heavy atom. The molecule has 0 aliphatic carbocycles. The van der Waals surface area contributed by atoms with Crippen LogP contribution in [-0.4, -0.2) is 43.2 Å². The normalized spacial score (nSPS) is 26.0. The van der Waals surface area contributed by atoms with Crippen LogP contribution in [0.4, 0.5) is 0 Å². The molecule has 18 heavy (non-hydrogen) atoms. The van der Waals surface area contributed by atoms with Crippen LogP contribution in [0, 0.1) is 5.92 Å². The van der Waals surface area contributed by atoms with Gasteiger partial charge < -0.3 is 0 Å². The number of piperidine rings is 1. The zero-order valence-electron chi connectivity index (χ0n) is 11.3. The quantitative estimate of drug-likeness (QED) is 0.564. The lowest BCUT2D eigenvalue weighted by molar-refractivity contribution is 0.247. The second kappa shape index (κ2) is 6.45. The molecule has 1 aliphatic rings. The van der Waals surface area contributed by atoms with Gasteiger partial charge in [0.25, 0.3) is 0 Å². The lowest BCUT2D eigenvalue weighted by Gasteiger charge is -2.34. The van der Waals surface area contributed by atoms with Crippen molar-refractivity contribution in [3.05, 3.63) is 0 Å². The summed E-state index contributed by atoms with van der Waals surface area (Å²) in [6.07, 6.45) is 3.46. The molecular weight excluding hydrogens is 252 g/mol. The fourth-order valence-corrected chi connectivity index (χ4v) is 4.25. The minimum Gasteiger partial charge on any atom is -0.212 e. The molecule has 0 amide bonds. The third-order valence-corrected chi connectivity index (χ3v) is 5.34. The highest BCUT2D eigenvalue weighted by atomic mass is 32.2. The van der Waals surface area contributed by atoms with Crippen LogP contribution in [0.15, 0.2) is 4.99 Å². The summed E-state index contributed by atoms with van der Waals surface area (Å²) in [5.74, 6) is 0.587. The summed E-state index contributed by atoms with van der Waals surface area (Å²) in [7, 11) is -3.17. The minimum atomic E-state index is -3.17. The number of isocyanates is 1. The molecule has 0 N–H and O–H groups in total. The predicted octanol–water partition coefficient (Wildman–Crippen LogP) is 1.55. The van der Waals surface area contributed by atoms with Gasteiger partial charge >= 0.3 is 0 Å². The largest absolute Gasteiger partial charge is 0.235 e. The van der Waals surface area contributed by atoms with E-state index in [9.17, 15) is 13.2 Å². The molecule has 1 heterocycles. The topological polar surface area (TPSA) is 66.8 Å². The van der Waals surface area contributed by atoms with Crippen molar-refractivity contribution in [3.8, 4) is 0 Å². The molecule has 5 nitrogen and oxygen atoms in total. The molecule has 0 aromatic heterocycles. The lowest BCUT2D eigenvalue weighted by Crippen LogP contribution is -2.46. The monoisotopic (exact) mass is 274 g/mol. The Hall–Kier alpha value is -0.710. The third kappa shape index (κ3) is 4.19. The average Bonchev–Trinajstić information content (AvgIpc) is 2.27. The van der Waals surface area contributed by atoms with Gasteiger partial charge in [0.1, 0.15) is 0 Å². The van der Waals surface area contributed by atoms with E-state index >= 15 is 0 Å². The zero-order valence-corrected chi connectivity index (χ0v) is 12.1. The SMILES string of the molecule is CC(C)CCS(=O)(=O)N1CCC(N=C=O)CC1C. The summed E-state index contributed by atoms with van der Waals surface area (Å²) in [6.45, 7) is 6.37. The molecule has 0 spiro atoms. The van der Waals surface area contributed by atoms with Crippen molar-refractivity contribution in [2.45, 2.75) is 52.1 Å². The molecule has 2 unspecified atom stereocenters.